The normalized spacial score (nSPS) is 23.3. The molecule has 1 aliphatic rings. The van der Waals surface area contributed by atoms with Gasteiger partial charge in [0.25, 0.3) is 0 Å². The van der Waals surface area contributed by atoms with Gasteiger partial charge in [0.15, 0.2) is 0 Å². The Kier molecular flexibility index (Phi) is 5.88. The largest absolute Gasteiger partial charge is 0.381 e. The van der Waals surface area contributed by atoms with Crippen LogP contribution < -0.4 is 5.73 Å². The van der Waals surface area contributed by atoms with Gasteiger partial charge in [-0.2, -0.15) is 0 Å². The van der Waals surface area contributed by atoms with Gasteiger partial charge in [0.1, 0.15) is 0 Å². The summed E-state index contributed by atoms with van der Waals surface area (Å²) < 4.78 is 5.54. The van der Waals surface area contributed by atoms with E-state index in [4.69, 9.17) is 10.5 Å². The first kappa shape index (κ1) is 18.4. The minimum atomic E-state index is 0.199. The lowest BCUT2D eigenvalue weighted by Crippen LogP contribution is -2.48. The zero-order valence-electron chi connectivity index (χ0n) is 15.8. The summed E-state index contributed by atoms with van der Waals surface area (Å²) in [4.78, 5) is 2.54. The van der Waals surface area contributed by atoms with Gasteiger partial charge < -0.3 is 10.5 Å². The predicted molar refractivity (Wildman–Crippen MR) is 97.9 cm³/mol. The van der Waals surface area contributed by atoms with E-state index in [9.17, 15) is 0 Å². The van der Waals surface area contributed by atoms with Crippen LogP contribution in [0.3, 0.4) is 0 Å². The van der Waals surface area contributed by atoms with E-state index in [0.717, 1.165) is 25.9 Å². The molecule has 0 spiro atoms. The van der Waals surface area contributed by atoms with Crippen molar-refractivity contribution in [2.45, 2.75) is 71.6 Å². The first-order valence-electron chi connectivity index (χ1n) is 8.83. The molecule has 0 bridgehead atoms. The number of methoxy groups -OCH3 is 1. The van der Waals surface area contributed by atoms with Gasteiger partial charge in [-0.3, -0.25) is 4.90 Å². The van der Waals surface area contributed by atoms with Crippen LogP contribution in [0.25, 0.3) is 0 Å². The van der Waals surface area contributed by atoms with E-state index in [1.165, 1.54) is 22.3 Å². The fraction of sp³-hybridized carbons (Fsp3) is 0.700. The van der Waals surface area contributed by atoms with Gasteiger partial charge in [0.2, 0.25) is 0 Å². The average Bonchev–Trinajstić information content (AvgIpc) is 2.49. The molecule has 0 aromatic heterocycles. The third kappa shape index (κ3) is 4.34. The molecule has 1 heterocycles. The maximum atomic E-state index is 6.02. The fourth-order valence-electron chi connectivity index (χ4n) is 3.61. The number of hydrogen-bond acceptors (Lipinski definition) is 3. The summed E-state index contributed by atoms with van der Waals surface area (Å²) in [6.07, 6.45) is 2.52. The Bertz CT molecular complexity index is 510. The van der Waals surface area contributed by atoms with E-state index in [2.05, 4.69) is 51.7 Å². The average molecular weight is 319 g/mol. The number of piperidine rings is 1. The van der Waals surface area contributed by atoms with Gasteiger partial charge in [-0.15, -0.1) is 0 Å². The summed E-state index contributed by atoms with van der Waals surface area (Å²) in [5, 5.41) is 0. The van der Waals surface area contributed by atoms with Crippen molar-refractivity contribution in [3.63, 3.8) is 0 Å². The molecule has 2 N–H and O–H groups in total. The van der Waals surface area contributed by atoms with Crippen LogP contribution in [0.5, 0.6) is 0 Å². The molecule has 130 valence electrons. The van der Waals surface area contributed by atoms with Crippen LogP contribution in [0.4, 0.5) is 0 Å². The minimum absolute atomic E-state index is 0.199. The molecule has 2 unspecified atom stereocenters. The van der Waals surface area contributed by atoms with E-state index in [0.29, 0.717) is 18.7 Å². The van der Waals surface area contributed by atoms with Crippen molar-refractivity contribution < 1.29 is 4.74 Å². The van der Waals surface area contributed by atoms with Gasteiger partial charge in [0, 0.05) is 32.8 Å². The van der Waals surface area contributed by atoms with Crippen LogP contribution in [0.2, 0.25) is 0 Å². The van der Waals surface area contributed by atoms with Crippen molar-refractivity contribution in [3.8, 4) is 0 Å². The van der Waals surface area contributed by atoms with Gasteiger partial charge in [0.05, 0.1) is 6.10 Å². The van der Waals surface area contributed by atoms with E-state index in [1.54, 1.807) is 0 Å². The number of ether oxygens (including phenoxy) is 1. The van der Waals surface area contributed by atoms with Crippen molar-refractivity contribution in [2.24, 2.45) is 5.73 Å². The molecule has 0 aliphatic carbocycles. The maximum Gasteiger partial charge on any atom is 0.0599 e. The third-order valence-corrected chi connectivity index (χ3v) is 5.32. The number of benzene rings is 1. The van der Waals surface area contributed by atoms with Crippen LogP contribution in [-0.2, 0) is 16.7 Å². The van der Waals surface area contributed by atoms with Crippen molar-refractivity contribution in [2.75, 3.05) is 20.2 Å². The zero-order valence-corrected chi connectivity index (χ0v) is 15.8. The lowest BCUT2D eigenvalue weighted by atomic mass is 9.83. The molecule has 3 heteroatoms. The maximum absolute atomic E-state index is 6.02. The topological polar surface area (TPSA) is 38.5 Å². The van der Waals surface area contributed by atoms with Crippen molar-refractivity contribution >= 4 is 0 Å². The lowest BCUT2D eigenvalue weighted by Gasteiger charge is -2.39. The Hall–Kier alpha value is -0.900. The molecule has 1 aliphatic heterocycles. The molecule has 2 atom stereocenters. The van der Waals surface area contributed by atoms with Gasteiger partial charge in [-0.1, -0.05) is 32.9 Å². The highest BCUT2D eigenvalue weighted by Gasteiger charge is 2.28. The molecule has 1 aromatic rings. The molecule has 3 nitrogen and oxygen atoms in total. The summed E-state index contributed by atoms with van der Waals surface area (Å²) in [7, 11) is 1.81. The van der Waals surface area contributed by atoms with E-state index in [-0.39, 0.29) is 5.41 Å². The minimum Gasteiger partial charge on any atom is -0.381 e. The van der Waals surface area contributed by atoms with Gasteiger partial charge >= 0.3 is 0 Å². The second-order valence-electron chi connectivity index (χ2n) is 8.08. The van der Waals surface area contributed by atoms with Crippen LogP contribution in [0, 0.1) is 13.8 Å². The van der Waals surface area contributed by atoms with E-state index >= 15 is 0 Å². The van der Waals surface area contributed by atoms with Crippen LogP contribution in [0.1, 0.15) is 55.9 Å². The van der Waals surface area contributed by atoms with Crippen LogP contribution in [-0.4, -0.2) is 37.2 Å². The first-order chi connectivity index (χ1) is 10.8. The molecule has 0 saturated carbocycles. The summed E-state index contributed by atoms with van der Waals surface area (Å²) in [5.41, 5.74) is 11.9. The molecule has 23 heavy (non-hydrogen) atoms. The summed E-state index contributed by atoms with van der Waals surface area (Å²) >= 11 is 0. The second-order valence-corrected chi connectivity index (χ2v) is 8.08. The zero-order chi connectivity index (χ0) is 17.2. The van der Waals surface area contributed by atoms with Crippen LogP contribution in [0.15, 0.2) is 12.1 Å². The fourth-order valence-corrected chi connectivity index (χ4v) is 3.61. The Morgan fingerprint density at radius 1 is 1.22 bits per heavy atom. The smallest absolute Gasteiger partial charge is 0.0599 e. The first-order valence-corrected chi connectivity index (χ1v) is 8.83. The quantitative estimate of drug-likeness (QED) is 0.923. The highest BCUT2D eigenvalue weighted by Crippen LogP contribution is 2.29. The molecule has 1 fully saturated rings. The Morgan fingerprint density at radius 3 is 2.30 bits per heavy atom. The number of nitrogens with zero attached hydrogens (tertiary/aromatic N) is 1. The standard InChI is InChI=1S/C20H34N2O/c1-14-9-16(20(3,4)5)10-15(2)19(14)13-22-8-7-18(23-6)11-17(22)12-21/h9-10,17-18H,7-8,11-13,21H2,1-6H3. The molecule has 1 aromatic carbocycles. The van der Waals surface area contributed by atoms with Crippen molar-refractivity contribution in [3.05, 3.63) is 34.4 Å². The van der Waals surface area contributed by atoms with E-state index < -0.39 is 0 Å². The highest BCUT2D eigenvalue weighted by atomic mass is 16.5. The number of rotatable bonds is 4. The van der Waals surface area contributed by atoms with Gasteiger partial charge in [-0.05, 0) is 54.4 Å². The predicted octanol–water partition coefficient (Wildman–Crippen LogP) is 3.54. The number of aryl methyl sites for hydroxylation is 2. The Balaban J connectivity index is 2.20. The third-order valence-electron chi connectivity index (χ3n) is 5.32. The highest BCUT2D eigenvalue weighted by molar-refractivity contribution is 5.40. The number of likely N-dealkylation sites (tertiary alicyclic amines) is 1. The Labute approximate surface area is 142 Å². The Morgan fingerprint density at radius 2 is 1.83 bits per heavy atom. The summed E-state index contributed by atoms with van der Waals surface area (Å²) in [5.74, 6) is 0. The van der Waals surface area contributed by atoms with Crippen molar-refractivity contribution in [1.29, 1.82) is 0 Å². The number of hydrogen-bond donors (Lipinski definition) is 1. The summed E-state index contributed by atoms with van der Waals surface area (Å²) in [6, 6.07) is 5.15. The molecular formula is C20H34N2O. The lowest BCUT2D eigenvalue weighted by molar-refractivity contribution is 0.0101. The molecule has 2 rings (SSSR count). The molecular weight excluding hydrogens is 284 g/mol. The van der Waals surface area contributed by atoms with Crippen LogP contribution >= 0.6 is 0 Å². The SMILES string of the molecule is COC1CCN(Cc2c(C)cc(C(C)(C)C)cc2C)C(CN)C1. The number of nitrogens with two attached hydrogens (primary N) is 1. The molecule has 0 radical (unpaired) electrons. The second kappa shape index (κ2) is 7.33. The summed E-state index contributed by atoms with van der Waals surface area (Å²) in [6.45, 7) is 14.1. The van der Waals surface area contributed by atoms with Crippen molar-refractivity contribution in [1.82, 2.24) is 4.90 Å². The van der Waals surface area contributed by atoms with Gasteiger partial charge in [-0.25, -0.2) is 0 Å². The van der Waals surface area contributed by atoms with E-state index in [1.807, 2.05) is 7.11 Å². The molecule has 1 saturated heterocycles. The monoisotopic (exact) mass is 318 g/mol. The molecule has 0 amide bonds.